The zero-order chi connectivity index (χ0) is 10.8. The van der Waals surface area contributed by atoms with Crippen LogP contribution in [0.3, 0.4) is 0 Å². The van der Waals surface area contributed by atoms with Crippen molar-refractivity contribution in [1.82, 2.24) is 0 Å². The summed E-state index contributed by atoms with van der Waals surface area (Å²) in [6.07, 6.45) is 7.86. The van der Waals surface area contributed by atoms with Gasteiger partial charge in [0, 0.05) is 0 Å². The van der Waals surface area contributed by atoms with Crippen LogP contribution in [0.25, 0.3) is 0 Å². The molecule has 0 nitrogen and oxygen atoms in total. The summed E-state index contributed by atoms with van der Waals surface area (Å²) in [5.74, 6) is 1.25. The Labute approximate surface area is 88.4 Å². The standard InChI is InChI=1S/C14H22/c1-6-13-10-12(11(3)4)8-9-14(13,5)7-2/h6-7,12-13H,1-3,8-10H2,4-5H3. The molecule has 0 heterocycles. The highest BCUT2D eigenvalue weighted by molar-refractivity contribution is 5.10. The van der Waals surface area contributed by atoms with Crippen LogP contribution in [0.15, 0.2) is 37.5 Å². The summed E-state index contributed by atoms with van der Waals surface area (Å²) in [4.78, 5) is 0. The minimum Gasteiger partial charge on any atom is -0.103 e. The molecule has 0 aliphatic heterocycles. The predicted molar refractivity (Wildman–Crippen MR) is 64.1 cm³/mol. The van der Waals surface area contributed by atoms with E-state index in [1.54, 1.807) is 0 Å². The van der Waals surface area contributed by atoms with Crippen LogP contribution in [0.2, 0.25) is 0 Å². The molecule has 0 saturated heterocycles. The summed E-state index contributed by atoms with van der Waals surface area (Å²) in [6, 6.07) is 0. The van der Waals surface area contributed by atoms with E-state index in [0.29, 0.717) is 11.8 Å². The first kappa shape index (κ1) is 11.3. The summed E-state index contributed by atoms with van der Waals surface area (Å²) in [5.41, 5.74) is 1.58. The van der Waals surface area contributed by atoms with Crippen LogP contribution in [-0.2, 0) is 0 Å². The van der Waals surface area contributed by atoms with Gasteiger partial charge in [-0.2, -0.15) is 0 Å². The van der Waals surface area contributed by atoms with Crippen molar-refractivity contribution in [3.63, 3.8) is 0 Å². The summed E-state index contributed by atoms with van der Waals surface area (Å²) in [7, 11) is 0. The SMILES string of the molecule is C=CC1CC(C(=C)C)CCC1(C)C=C. The number of allylic oxidation sites excluding steroid dienone is 3. The molecular formula is C14H22. The quantitative estimate of drug-likeness (QED) is 0.580. The van der Waals surface area contributed by atoms with E-state index < -0.39 is 0 Å². The van der Waals surface area contributed by atoms with Crippen molar-refractivity contribution in [2.75, 3.05) is 0 Å². The van der Waals surface area contributed by atoms with Crippen molar-refractivity contribution in [3.8, 4) is 0 Å². The Bertz CT molecular complexity index is 249. The fourth-order valence-corrected chi connectivity index (χ4v) is 2.43. The molecule has 14 heavy (non-hydrogen) atoms. The van der Waals surface area contributed by atoms with Gasteiger partial charge < -0.3 is 0 Å². The Balaban J connectivity index is 2.78. The van der Waals surface area contributed by atoms with Gasteiger partial charge in [-0.15, -0.1) is 13.2 Å². The zero-order valence-corrected chi connectivity index (χ0v) is 9.55. The Morgan fingerprint density at radius 2 is 2.07 bits per heavy atom. The monoisotopic (exact) mass is 190 g/mol. The van der Waals surface area contributed by atoms with Crippen LogP contribution in [0.4, 0.5) is 0 Å². The summed E-state index contributed by atoms with van der Waals surface area (Å²) >= 11 is 0. The van der Waals surface area contributed by atoms with Crippen LogP contribution >= 0.6 is 0 Å². The molecule has 0 radical (unpaired) electrons. The molecule has 0 aromatic rings. The van der Waals surface area contributed by atoms with Gasteiger partial charge in [0.25, 0.3) is 0 Å². The van der Waals surface area contributed by atoms with Crippen molar-refractivity contribution in [1.29, 1.82) is 0 Å². The maximum absolute atomic E-state index is 4.06. The molecule has 78 valence electrons. The second kappa shape index (κ2) is 4.16. The average molecular weight is 190 g/mol. The smallest absolute Gasteiger partial charge is 0.00861 e. The minimum absolute atomic E-state index is 0.258. The average Bonchev–Trinajstić information content (AvgIpc) is 2.18. The van der Waals surface area contributed by atoms with Crippen molar-refractivity contribution < 1.29 is 0 Å². The molecule has 1 aliphatic rings. The Hall–Kier alpha value is -0.780. The van der Waals surface area contributed by atoms with Gasteiger partial charge in [-0.3, -0.25) is 0 Å². The Morgan fingerprint density at radius 3 is 2.50 bits per heavy atom. The van der Waals surface area contributed by atoms with E-state index in [9.17, 15) is 0 Å². The first-order valence-electron chi connectivity index (χ1n) is 5.45. The van der Waals surface area contributed by atoms with E-state index in [4.69, 9.17) is 0 Å². The number of hydrogen-bond acceptors (Lipinski definition) is 0. The lowest BCUT2D eigenvalue weighted by atomic mass is 9.63. The maximum atomic E-state index is 4.06. The minimum atomic E-state index is 0.258. The van der Waals surface area contributed by atoms with Gasteiger partial charge in [0.1, 0.15) is 0 Å². The van der Waals surface area contributed by atoms with Crippen LogP contribution in [0, 0.1) is 17.3 Å². The fraction of sp³-hybridized carbons (Fsp3) is 0.571. The lowest BCUT2D eigenvalue weighted by Gasteiger charge is -2.41. The highest BCUT2D eigenvalue weighted by atomic mass is 14.4. The van der Waals surface area contributed by atoms with E-state index in [0.717, 1.165) is 0 Å². The number of rotatable bonds is 3. The Kier molecular flexibility index (Phi) is 3.36. The van der Waals surface area contributed by atoms with Gasteiger partial charge in [-0.1, -0.05) is 31.2 Å². The van der Waals surface area contributed by atoms with E-state index in [2.05, 4.69) is 45.7 Å². The lowest BCUT2D eigenvalue weighted by Crippen LogP contribution is -2.31. The molecule has 1 aliphatic carbocycles. The molecule has 0 bridgehead atoms. The fourth-order valence-electron chi connectivity index (χ4n) is 2.43. The van der Waals surface area contributed by atoms with Crippen LogP contribution in [0.5, 0.6) is 0 Å². The van der Waals surface area contributed by atoms with Gasteiger partial charge in [0.05, 0.1) is 0 Å². The lowest BCUT2D eigenvalue weighted by molar-refractivity contribution is 0.179. The van der Waals surface area contributed by atoms with Gasteiger partial charge in [0.2, 0.25) is 0 Å². The van der Waals surface area contributed by atoms with Crippen molar-refractivity contribution in [2.45, 2.75) is 33.1 Å². The highest BCUT2D eigenvalue weighted by Crippen LogP contribution is 2.46. The first-order chi connectivity index (χ1) is 6.53. The molecule has 0 heteroatoms. The molecule has 0 aromatic heterocycles. The van der Waals surface area contributed by atoms with E-state index >= 15 is 0 Å². The summed E-state index contributed by atoms with van der Waals surface area (Å²) in [6.45, 7) is 16.4. The third-order valence-electron chi connectivity index (χ3n) is 3.86. The summed E-state index contributed by atoms with van der Waals surface area (Å²) < 4.78 is 0. The molecular weight excluding hydrogens is 168 g/mol. The first-order valence-corrected chi connectivity index (χ1v) is 5.45. The topological polar surface area (TPSA) is 0 Å². The Morgan fingerprint density at radius 1 is 1.43 bits per heavy atom. The van der Waals surface area contributed by atoms with Crippen LogP contribution < -0.4 is 0 Å². The largest absolute Gasteiger partial charge is 0.103 e. The highest BCUT2D eigenvalue weighted by Gasteiger charge is 2.35. The van der Waals surface area contributed by atoms with Gasteiger partial charge >= 0.3 is 0 Å². The van der Waals surface area contributed by atoms with Gasteiger partial charge in [-0.25, -0.2) is 0 Å². The maximum Gasteiger partial charge on any atom is -0.00861 e. The van der Waals surface area contributed by atoms with Gasteiger partial charge in [0.15, 0.2) is 0 Å². The van der Waals surface area contributed by atoms with Crippen molar-refractivity contribution in [2.24, 2.45) is 17.3 Å². The van der Waals surface area contributed by atoms with E-state index in [-0.39, 0.29) is 5.41 Å². The molecule has 3 unspecified atom stereocenters. The molecule has 1 fully saturated rings. The second-order valence-electron chi connectivity index (χ2n) is 4.87. The molecule has 3 atom stereocenters. The molecule has 0 aromatic carbocycles. The summed E-state index contributed by atoms with van der Waals surface area (Å²) in [5, 5.41) is 0. The molecule has 1 rings (SSSR count). The van der Waals surface area contributed by atoms with Gasteiger partial charge in [-0.05, 0) is 43.4 Å². The molecule has 1 saturated carbocycles. The normalized spacial score (nSPS) is 37.6. The third kappa shape index (κ3) is 2.00. The van der Waals surface area contributed by atoms with E-state index in [1.165, 1.54) is 24.8 Å². The van der Waals surface area contributed by atoms with Crippen molar-refractivity contribution in [3.05, 3.63) is 37.5 Å². The molecule has 0 amide bonds. The zero-order valence-electron chi connectivity index (χ0n) is 9.55. The van der Waals surface area contributed by atoms with Crippen LogP contribution in [-0.4, -0.2) is 0 Å². The number of hydrogen-bond donors (Lipinski definition) is 0. The second-order valence-corrected chi connectivity index (χ2v) is 4.87. The van der Waals surface area contributed by atoms with Crippen LogP contribution in [0.1, 0.15) is 33.1 Å². The third-order valence-corrected chi connectivity index (χ3v) is 3.86. The predicted octanol–water partition coefficient (Wildman–Crippen LogP) is 4.36. The van der Waals surface area contributed by atoms with Crippen molar-refractivity contribution >= 4 is 0 Å². The molecule has 0 spiro atoms. The van der Waals surface area contributed by atoms with E-state index in [1.807, 2.05) is 0 Å². The molecule has 0 N–H and O–H groups in total.